The molecule has 16 heavy (non-hydrogen) atoms. The number of ether oxygens (including phenoxy) is 1. The van der Waals surface area contributed by atoms with E-state index < -0.39 is 0 Å². The maximum atomic E-state index is 9.80. The summed E-state index contributed by atoms with van der Waals surface area (Å²) in [6.07, 6.45) is 1.23. The third kappa shape index (κ3) is 2.30. The number of aromatic hydroxyl groups is 1. The molecule has 0 saturated heterocycles. The summed E-state index contributed by atoms with van der Waals surface area (Å²) >= 11 is 0. The Bertz CT molecular complexity index is 378. The Kier molecular flexibility index (Phi) is 3.06. The monoisotopic (exact) mass is 221 g/mol. The molecule has 2 rings (SSSR count). The average molecular weight is 221 g/mol. The van der Waals surface area contributed by atoms with E-state index in [0.29, 0.717) is 11.8 Å². The maximum Gasteiger partial charge on any atom is 0.120 e. The molecule has 1 saturated carbocycles. The summed E-state index contributed by atoms with van der Waals surface area (Å²) in [6.45, 7) is 4.30. The summed E-state index contributed by atoms with van der Waals surface area (Å²) in [6, 6.07) is 6.10. The van der Waals surface area contributed by atoms with Crippen LogP contribution in [-0.2, 0) is 0 Å². The van der Waals surface area contributed by atoms with Gasteiger partial charge in [0.2, 0.25) is 0 Å². The van der Waals surface area contributed by atoms with Crippen LogP contribution < -0.4 is 10.1 Å². The zero-order valence-electron chi connectivity index (χ0n) is 10.0. The standard InChI is InChI=1S/C13H19NO2/c1-8-6-12(8)14-9(2)11-7-10(16-3)4-5-13(11)15/h4-5,7-9,12,14-15H,6H2,1-3H3. The minimum Gasteiger partial charge on any atom is -0.508 e. The summed E-state index contributed by atoms with van der Waals surface area (Å²) in [5.41, 5.74) is 0.901. The Morgan fingerprint density at radius 3 is 2.75 bits per heavy atom. The lowest BCUT2D eigenvalue weighted by molar-refractivity contribution is 0.407. The zero-order valence-corrected chi connectivity index (χ0v) is 10.0. The first kappa shape index (κ1) is 11.3. The predicted molar refractivity (Wildman–Crippen MR) is 63.8 cm³/mol. The smallest absolute Gasteiger partial charge is 0.120 e. The molecule has 3 unspecified atom stereocenters. The SMILES string of the molecule is COc1ccc(O)c(C(C)NC2CC2C)c1. The zero-order chi connectivity index (χ0) is 11.7. The van der Waals surface area contributed by atoms with Crippen molar-refractivity contribution in [3.8, 4) is 11.5 Å². The Labute approximate surface area is 96.4 Å². The number of phenolic OH excluding ortho intramolecular Hbond substituents is 1. The Morgan fingerprint density at radius 1 is 1.50 bits per heavy atom. The van der Waals surface area contributed by atoms with E-state index in [1.165, 1.54) is 6.42 Å². The van der Waals surface area contributed by atoms with E-state index in [1.54, 1.807) is 19.2 Å². The van der Waals surface area contributed by atoms with Gasteiger partial charge in [-0.3, -0.25) is 0 Å². The highest BCUT2D eigenvalue weighted by Crippen LogP contribution is 2.34. The molecule has 0 aromatic heterocycles. The molecule has 1 aliphatic carbocycles. The molecule has 3 atom stereocenters. The highest BCUT2D eigenvalue weighted by atomic mass is 16.5. The van der Waals surface area contributed by atoms with Gasteiger partial charge in [0.25, 0.3) is 0 Å². The molecule has 2 N–H and O–H groups in total. The molecule has 0 amide bonds. The molecular weight excluding hydrogens is 202 g/mol. The predicted octanol–water partition coefficient (Wildman–Crippen LogP) is 2.46. The third-order valence-electron chi connectivity index (χ3n) is 3.27. The largest absolute Gasteiger partial charge is 0.508 e. The second-order valence-electron chi connectivity index (χ2n) is 4.63. The van der Waals surface area contributed by atoms with E-state index in [4.69, 9.17) is 4.74 Å². The molecule has 0 aliphatic heterocycles. The highest BCUT2D eigenvalue weighted by molar-refractivity contribution is 5.41. The van der Waals surface area contributed by atoms with Crippen molar-refractivity contribution >= 4 is 0 Å². The van der Waals surface area contributed by atoms with Crippen LogP contribution in [0.5, 0.6) is 11.5 Å². The fraction of sp³-hybridized carbons (Fsp3) is 0.538. The average Bonchev–Trinajstić information content (AvgIpc) is 2.94. The molecule has 0 spiro atoms. The van der Waals surface area contributed by atoms with Gasteiger partial charge in [0.05, 0.1) is 7.11 Å². The van der Waals surface area contributed by atoms with Crippen LogP contribution in [0.25, 0.3) is 0 Å². The molecule has 3 nitrogen and oxygen atoms in total. The van der Waals surface area contributed by atoms with Gasteiger partial charge < -0.3 is 15.2 Å². The van der Waals surface area contributed by atoms with Crippen molar-refractivity contribution in [2.24, 2.45) is 5.92 Å². The van der Waals surface area contributed by atoms with Crippen LogP contribution >= 0.6 is 0 Å². The van der Waals surface area contributed by atoms with E-state index in [1.807, 2.05) is 6.07 Å². The topological polar surface area (TPSA) is 41.5 Å². The van der Waals surface area contributed by atoms with Crippen LogP contribution in [-0.4, -0.2) is 18.3 Å². The Hall–Kier alpha value is -1.22. The van der Waals surface area contributed by atoms with E-state index in [0.717, 1.165) is 17.2 Å². The summed E-state index contributed by atoms with van der Waals surface area (Å²) in [7, 11) is 1.64. The number of hydrogen-bond donors (Lipinski definition) is 2. The van der Waals surface area contributed by atoms with Crippen LogP contribution in [0, 0.1) is 5.92 Å². The molecule has 1 fully saturated rings. The lowest BCUT2D eigenvalue weighted by atomic mass is 10.1. The lowest BCUT2D eigenvalue weighted by Gasteiger charge is -2.16. The van der Waals surface area contributed by atoms with E-state index in [-0.39, 0.29) is 6.04 Å². The van der Waals surface area contributed by atoms with Crippen LogP contribution in [0.15, 0.2) is 18.2 Å². The molecule has 0 radical (unpaired) electrons. The van der Waals surface area contributed by atoms with E-state index >= 15 is 0 Å². The molecular formula is C13H19NO2. The summed E-state index contributed by atoms with van der Waals surface area (Å²) < 4.78 is 5.16. The third-order valence-corrected chi connectivity index (χ3v) is 3.27. The normalized spacial score (nSPS) is 25.2. The van der Waals surface area contributed by atoms with Gasteiger partial charge in [0, 0.05) is 17.6 Å². The van der Waals surface area contributed by atoms with E-state index in [2.05, 4.69) is 19.2 Å². The maximum absolute atomic E-state index is 9.80. The first-order valence-corrected chi connectivity index (χ1v) is 5.74. The van der Waals surface area contributed by atoms with Crippen molar-refractivity contribution in [2.75, 3.05) is 7.11 Å². The number of rotatable bonds is 4. The van der Waals surface area contributed by atoms with Gasteiger partial charge in [-0.25, -0.2) is 0 Å². The lowest BCUT2D eigenvalue weighted by Crippen LogP contribution is -2.22. The molecule has 1 aromatic rings. The fourth-order valence-corrected chi connectivity index (χ4v) is 1.97. The molecule has 3 heteroatoms. The van der Waals surface area contributed by atoms with Crippen LogP contribution in [0.4, 0.5) is 0 Å². The second-order valence-corrected chi connectivity index (χ2v) is 4.63. The highest BCUT2D eigenvalue weighted by Gasteiger charge is 2.33. The number of benzene rings is 1. The molecule has 0 bridgehead atoms. The molecule has 88 valence electrons. The van der Waals surface area contributed by atoms with Gasteiger partial charge in [-0.15, -0.1) is 0 Å². The van der Waals surface area contributed by atoms with Gasteiger partial charge in [0.1, 0.15) is 11.5 Å². The van der Waals surface area contributed by atoms with Crippen molar-refractivity contribution in [3.05, 3.63) is 23.8 Å². The van der Waals surface area contributed by atoms with Gasteiger partial charge in [-0.1, -0.05) is 6.92 Å². The van der Waals surface area contributed by atoms with Crippen LogP contribution in [0.1, 0.15) is 31.9 Å². The van der Waals surface area contributed by atoms with Crippen molar-refractivity contribution in [2.45, 2.75) is 32.4 Å². The van der Waals surface area contributed by atoms with Gasteiger partial charge in [0.15, 0.2) is 0 Å². The quantitative estimate of drug-likeness (QED) is 0.820. The molecule has 1 aromatic carbocycles. The molecule has 0 heterocycles. The summed E-state index contributed by atoms with van der Waals surface area (Å²) in [5, 5.41) is 13.3. The van der Waals surface area contributed by atoms with Gasteiger partial charge >= 0.3 is 0 Å². The van der Waals surface area contributed by atoms with Crippen molar-refractivity contribution in [3.63, 3.8) is 0 Å². The van der Waals surface area contributed by atoms with Crippen molar-refractivity contribution in [1.29, 1.82) is 0 Å². The summed E-state index contributed by atoms with van der Waals surface area (Å²) in [4.78, 5) is 0. The fourth-order valence-electron chi connectivity index (χ4n) is 1.97. The van der Waals surface area contributed by atoms with E-state index in [9.17, 15) is 5.11 Å². The van der Waals surface area contributed by atoms with Crippen LogP contribution in [0.3, 0.4) is 0 Å². The van der Waals surface area contributed by atoms with Crippen LogP contribution in [0.2, 0.25) is 0 Å². The minimum absolute atomic E-state index is 0.157. The summed E-state index contributed by atoms with van der Waals surface area (Å²) in [5.74, 6) is 1.87. The van der Waals surface area contributed by atoms with Crippen molar-refractivity contribution in [1.82, 2.24) is 5.32 Å². The first-order chi connectivity index (χ1) is 7.61. The number of hydrogen-bond acceptors (Lipinski definition) is 3. The minimum atomic E-state index is 0.157. The van der Waals surface area contributed by atoms with Crippen molar-refractivity contribution < 1.29 is 9.84 Å². The number of nitrogens with one attached hydrogen (secondary N) is 1. The Balaban J connectivity index is 2.11. The first-order valence-electron chi connectivity index (χ1n) is 5.74. The van der Waals surface area contributed by atoms with Gasteiger partial charge in [-0.05, 0) is 37.5 Å². The molecule has 1 aliphatic rings. The number of phenols is 1. The Morgan fingerprint density at radius 2 is 2.19 bits per heavy atom. The second kappa shape index (κ2) is 4.34. The van der Waals surface area contributed by atoms with Gasteiger partial charge in [-0.2, -0.15) is 0 Å². The number of methoxy groups -OCH3 is 1.